The van der Waals surface area contributed by atoms with E-state index in [1.807, 2.05) is 57.2 Å². The summed E-state index contributed by atoms with van der Waals surface area (Å²) in [5, 5.41) is 0. The van der Waals surface area contributed by atoms with E-state index < -0.39 is 0 Å². The van der Waals surface area contributed by atoms with E-state index in [4.69, 9.17) is 0 Å². The van der Waals surface area contributed by atoms with Crippen molar-refractivity contribution < 1.29 is 9.59 Å². The number of anilines is 1. The molecule has 0 saturated heterocycles. The number of carbonyl (C=O) groups excluding carboxylic acids is 2. The van der Waals surface area contributed by atoms with Crippen LogP contribution in [0.4, 0.5) is 5.69 Å². The number of hydrogen-bond acceptors (Lipinski definition) is 3. The summed E-state index contributed by atoms with van der Waals surface area (Å²) >= 11 is 1.44. The minimum absolute atomic E-state index is 0.0171. The molecule has 4 heteroatoms. The Morgan fingerprint density at radius 3 is 2.11 bits per heavy atom. The highest BCUT2D eigenvalue weighted by molar-refractivity contribution is 8.04. The van der Waals surface area contributed by atoms with Crippen LogP contribution in [0.3, 0.4) is 0 Å². The maximum Gasteiger partial charge on any atom is 0.272 e. The van der Waals surface area contributed by atoms with Gasteiger partial charge in [-0.2, -0.15) is 0 Å². The normalized spacial score (nSPS) is 15.0. The van der Waals surface area contributed by atoms with Crippen LogP contribution in [0.25, 0.3) is 5.57 Å². The van der Waals surface area contributed by atoms with E-state index in [1.54, 1.807) is 0 Å². The lowest BCUT2D eigenvalue weighted by molar-refractivity contribution is -0.119. The summed E-state index contributed by atoms with van der Waals surface area (Å²) in [7, 11) is 0. The van der Waals surface area contributed by atoms with Crippen LogP contribution >= 0.6 is 11.8 Å². The standard InChI is InChI=1S/C24H27NO2S/c1-7-28-21-20(19-13-8-15(2)14-16(19)3)22(26)25(23(21)27)18-11-9-17(10-12-18)24(4,5)6/h8-14H,7H2,1-6H3. The van der Waals surface area contributed by atoms with Gasteiger partial charge in [0.25, 0.3) is 11.8 Å². The maximum absolute atomic E-state index is 13.4. The third-order valence-corrected chi connectivity index (χ3v) is 5.93. The van der Waals surface area contributed by atoms with Crippen molar-refractivity contribution in [2.24, 2.45) is 0 Å². The Hall–Kier alpha value is -2.33. The highest BCUT2D eigenvalue weighted by Crippen LogP contribution is 2.39. The smallest absolute Gasteiger partial charge is 0.268 e. The first-order valence-corrected chi connectivity index (χ1v) is 10.6. The van der Waals surface area contributed by atoms with Gasteiger partial charge in [0, 0.05) is 0 Å². The van der Waals surface area contributed by atoms with Gasteiger partial charge in [0.15, 0.2) is 0 Å². The zero-order valence-corrected chi connectivity index (χ0v) is 18.2. The van der Waals surface area contributed by atoms with E-state index in [9.17, 15) is 9.59 Å². The molecule has 2 aromatic carbocycles. The molecule has 2 aromatic rings. The molecule has 3 rings (SSSR count). The van der Waals surface area contributed by atoms with Gasteiger partial charge in [-0.15, -0.1) is 11.8 Å². The van der Waals surface area contributed by atoms with Gasteiger partial charge in [0.05, 0.1) is 16.2 Å². The third kappa shape index (κ3) is 3.66. The number of carbonyl (C=O) groups is 2. The molecule has 146 valence electrons. The third-order valence-electron chi connectivity index (χ3n) is 4.97. The van der Waals surface area contributed by atoms with Crippen molar-refractivity contribution in [2.75, 3.05) is 10.7 Å². The first-order valence-electron chi connectivity index (χ1n) is 9.59. The first kappa shape index (κ1) is 20.4. The highest BCUT2D eigenvalue weighted by atomic mass is 32.2. The molecule has 0 unspecified atom stereocenters. The van der Waals surface area contributed by atoms with Gasteiger partial charge < -0.3 is 0 Å². The van der Waals surface area contributed by atoms with Gasteiger partial charge >= 0.3 is 0 Å². The minimum Gasteiger partial charge on any atom is -0.268 e. The van der Waals surface area contributed by atoms with E-state index in [2.05, 4.69) is 26.8 Å². The molecule has 1 aliphatic rings. The summed E-state index contributed by atoms with van der Waals surface area (Å²) in [6.45, 7) is 12.4. The molecule has 3 nitrogen and oxygen atoms in total. The van der Waals surface area contributed by atoms with Crippen LogP contribution in [0.15, 0.2) is 47.4 Å². The van der Waals surface area contributed by atoms with Crippen LogP contribution in [-0.4, -0.2) is 17.6 Å². The quantitative estimate of drug-likeness (QED) is 0.631. The van der Waals surface area contributed by atoms with Crippen molar-refractivity contribution in [2.45, 2.75) is 47.0 Å². The molecule has 0 saturated carbocycles. The van der Waals surface area contributed by atoms with E-state index in [0.29, 0.717) is 16.2 Å². The SMILES string of the molecule is CCSC1=C(c2ccc(C)cc2C)C(=O)N(c2ccc(C(C)(C)C)cc2)C1=O. The molecule has 0 fully saturated rings. The Balaban J connectivity index is 2.06. The second kappa shape index (κ2) is 7.59. The zero-order chi connectivity index (χ0) is 20.6. The van der Waals surface area contributed by atoms with Gasteiger partial charge in [0.1, 0.15) is 0 Å². The number of rotatable bonds is 4. The summed E-state index contributed by atoms with van der Waals surface area (Å²) in [6, 6.07) is 13.7. The lowest BCUT2D eigenvalue weighted by Gasteiger charge is -2.21. The Labute approximate surface area is 171 Å². The van der Waals surface area contributed by atoms with E-state index in [0.717, 1.165) is 22.4 Å². The van der Waals surface area contributed by atoms with Gasteiger partial charge in [-0.05, 0) is 53.8 Å². The van der Waals surface area contributed by atoms with Crippen LogP contribution in [0.1, 0.15) is 49.9 Å². The molecule has 0 N–H and O–H groups in total. The molecule has 0 atom stereocenters. The highest BCUT2D eigenvalue weighted by Gasteiger charge is 2.40. The summed E-state index contributed by atoms with van der Waals surface area (Å²) < 4.78 is 0. The Kier molecular flexibility index (Phi) is 5.53. The molecule has 0 spiro atoms. The molecule has 28 heavy (non-hydrogen) atoms. The molecule has 1 heterocycles. The van der Waals surface area contributed by atoms with Gasteiger partial charge in [-0.1, -0.05) is 63.6 Å². The molecule has 0 aliphatic carbocycles. The van der Waals surface area contributed by atoms with Crippen LogP contribution in [0.2, 0.25) is 0 Å². The fraction of sp³-hybridized carbons (Fsp3) is 0.333. The van der Waals surface area contributed by atoms with Crippen molar-refractivity contribution >= 4 is 34.8 Å². The summed E-state index contributed by atoms with van der Waals surface area (Å²) in [6.07, 6.45) is 0. The van der Waals surface area contributed by atoms with Crippen molar-refractivity contribution in [3.8, 4) is 0 Å². The molecular formula is C24H27NO2S. The van der Waals surface area contributed by atoms with Gasteiger partial charge in [-0.3, -0.25) is 9.59 Å². The molecule has 0 radical (unpaired) electrons. The van der Waals surface area contributed by atoms with Crippen molar-refractivity contribution in [3.63, 3.8) is 0 Å². The van der Waals surface area contributed by atoms with Gasteiger partial charge in [-0.25, -0.2) is 4.90 Å². The molecular weight excluding hydrogens is 366 g/mol. The van der Waals surface area contributed by atoms with E-state index >= 15 is 0 Å². The van der Waals surface area contributed by atoms with Crippen LogP contribution in [-0.2, 0) is 15.0 Å². The second-order valence-electron chi connectivity index (χ2n) is 8.20. The average Bonchev–Trinajstić information content (AvgIpc) is 2.85. The fourth-order valence-corrected chi connectivity index (χ4v) is 4.31. The average molecular weight is 394 g/mol. The Morgan fingerprint density at radius 2 is 1.57 bits per heavy atom. The number of imide groups is 1. The topological polar surface area (TPSA) is 37.4 Å². The monoisotopic (exact) mass is 393 g/mol. The lowest BCUT2D eigenvalue weighted by atomic mass is 9.87. The first-order chi connectivity index (χ1) is 13.1. The number of hydrogen-bond donors (Lipinski definition) is 0. The Bertz CT molecular complexity index is 965. The van der Waals surface area contributed by atoms with Crippen LogP contribution in [0.5, 0.6) is 0 Å². The largest absolute Gasteiger partial charge is 0.272 e. The summed E-state index contributed by atoms with van der Waals surface area (Å²) in [5.41, 5.74) is 5.32. The van der Waals surface area contributed by atoms with Gasteiger partial charge in [0.2, 0.25) is 0 Å². The molecule has 0 bridgehead atoms. The lowest BCUT2D eigenvalue weighted by Crippen LogP contribution is -2.31. The van der Waals surface area contributed by atoms with Crippen LogP contribution in [0, 0.1) is 13.8 Å². The van der Waals surface area contributed by atoms with Crippen molar-refractivity contribution in [1.82, 2.24) is 0 Å². The predicted molar refractivity (Wildman–Crippen MR) is 119 cm³/mol. The van der Waals surface area contributed by atoms with E-state index in [-0.39, 0.29) is 17.2 Å². The number of amides is 2. The summed E-state index contributed by atoms with van der Waals surface area (Å²) in [5.74, 6) is 0.270. The van der Waals surface area contributed by atoms with Crippen molar-refractivity contribution in [1.29, 1.82) is 0 Å². The molecule has 1 aliphatic heterocycles. The number of nitrogens with zero attached hydrogens (tertiary/aromatic N) is 1. The number of aryl methyl sites for hydroxylation is 2. The van der Waals surface area contributed by atoms with Crippen LogP contribution < -0.4 is 4.90 Å². The Morgan fingerprint density at radius 1 is 0.929 bits per heavy atom. The van der Waals surface area contributed by atoms with E-state index in [1.165, 1.54) is 22.2 Å². The molecule has 2 amide bonds. The fourth-order valence-electron chi connectivity index (χ4n) is 3.46. The van der Waals surface area contributed by atoms with Crippen molar-refractivity contribution in [3.05, 3.63) is 69.6 Å². The second-order valence-corrected chi connectivity index (χ2v) is 9.47. The number of benzene rings is 2. The summed E-state index contributed by atoms with van der Waals surface area (Å²) in [4.78, 5) is 28.4. The minimum atomic E-state index is -0.239. The maximum atomic E-state index is 13.4. The predicted octanol–water partition coefficient (Wildman–Crippen LogP) is 5.64. The zero-order valence-electron chi connectivity index (χ0n) is 17.4. The molecule has 0 aromatic heterocycles. The number of thioether (sulfide) groups is 1.